The summed E-state index contributed by atoms with van der Waals surface area (Å²) in [6.07, 6.45) is 8.95. The molecule has 0 bridgehead atoms. The maximum absolute atomic E-state index is 6.88. The number of fused-ring (bicyclic) bond motifs is 6. The molecule has 7 aromatic rings. The summed E-state index contributed by atoms with van der Waals surface area (Å²) in [6.45, 7) is 0. The average molecular weight is 514 g/mol. The van der Waals surface area contributed by atoms with E-state index >= 15 is 0 Å². The molecule has 6 aromatic carbocycles. The number of hydrogen-bond acceptors (Lipinski definition) is 2. The Morgan fingerprint density at radius 3 is 2.05 bits per heavy atom. The number of para-hydroxylation sites is 3. The second kappa shape index (κ2) is 9.29. The van der Waals surface area contributed by atoms with E-state index in [4.69, 9.17) is 4.42 Å². The highest BCUT2D eigenvalue weighted by Gasteiger charge is 2.22. The van der Waals surface area contributed by atoms with Crippen molar-refractivity contribution in [2.75, 3.05) is 4.90 Å². The zero-order valence-electron chi connectivity index (χ0n) is 22.0. The van der Waals surface area contributed by atoms with Crippen molar-refractivity contribution in [2.24, 2.45) is 0 Å². The van der Waals surface area contributed by atoms with Crippen LogP contribution in [0, 0.1) is 0 Å². The molecule has 1 aliphatic carbocycles. The molecule has 0 radical (unpaired) electrons. The normalized spacial score (nSPS) is 13.3. The van der Waals surface area contributed by atoms with Crippen molar-refractivity contribution in [1.29, 1.82) is 0 Å². The van der Waals surface area contributed by atoms with Gasteiger partial charge in [0.1, 0.15) is 5.58 Å². The number of nitrogens with zero attached hydrogens (tertiary/aromatic N) is 1. The second-order valence-electron chi connectivity index (χ2n) is 10.4. The molecular weight excluding hydrogens is 486 g/mol. The van der Waals surface area contributed by atoms with Crippen molar-refractivity contribution in [3.63, 3.8) is 0 Å². The van der Waals surface area contributed by atoms with Crippen molar-refractivity contribution < 1.29 is 4.42 Å². The zero-order valence-corrected chi connectivity index (χ0v) is 22.0. The molecule has 1 aromatic heterocycles. The van der Waals surface area contributed by atoms with Crippen molar-refractivity contribution in [1.82, 2.24) is 0 Å². The number of rotatable bonds is 4. The largest absolute Gasteiger partial charge is 0.453 e. The van der Waals surface area contributed by atoms with Gasteiger partial charge in [-0.25, -0.2) is 0 Å². The summed E-state index contributed by atoms with van der Waals surface area (Å²) in [5.41, 5.74) is 7.47. The van der Waals surface area contributed by atoms with Gasteiger partial charge in [0.15, 0.2) is 5.58 Å². The van der Waals surface area contributed by atoms with E-state index in [1.165, 1.54) is 27.1 Å². The molecule has 0 fully saturated rings. The van der Waals surface area contributed by atoms with Crippen LogP contribution in [0.2, 0.25) is 0 Å². The Bertz CT molecular complexity index is 2110. The lowest BCUT2D eigenvalue weighted by Crippen LogP contribution is -2.10. The highest BCUT2D eigenvalue weighted by Crippen LogP contribution is 2.46. The van der Waals surface area contributed by atoms with Crippen LogP contribution in [-0.4, -0.2) is 0 Å². The average Bonchev–Trinajstić information content (AvgIpc) is 3.42. The second-order valence-corrected chi connectivity index (χ2v) is 10.4. The quantitative estimate of drug-likeness (QED) is 0.218. The SMILES string of the molecule is C1=CC(c2cccc3c2oc2c(N(c4ccccc4)c4cc5ccccc5c5ccccc45)cccc23)=CCC1. The van der Waals surface area contributed by atoms with Crippen molar-refractivity contribution >= 4 is 66.1 Å². The Hall–Kier alpha value is -5.08. The first-order chi connectivity index (χ1) is 19.9. The molecule has 0 amide bonds. The van der Waals surface area contributed by atoms with Crippen molar-refractivity contribution in [3.8, 4) is 0 Å². The molecular formula is C38H27NO. The molecule has 190 valence electrons. The van der Waals surface area contributed by atoms with Gasteiger partial charge < -0.3 is 9.32 Å². The van der Waals surface area contributed by atoms with Crippen LogP contribution in [0.15, 0.2) is 144 Å². The van der Waals surface area contributed by atoms with E-state index < -0.39 is 0 Å². The van der Waals surface area contributed by atoms with Gasteiger partial charge in [-0.15, -0.1) is 0 Å². The minimum absolute atomic E-state index is 0.895. The van der Waals surface area contributed by atoms with E-state index in [1.54, 1.807) is 0 Å². The van der Waals surface area contributed by atoms with Gasteiger partial charge in [-0.3, -0.25) is 0 Å². The van der Waals surface area contributed by atoms with Crippen LogP contribution in [-0.2, 0) is 0 Å². The number of allylic oxidation sites excluding steroid dienone is 4. The van der Waals surface area contributed by atoms with Crippen LogP contribution in [0.25, 0.3) is 49.1 Å². The molecule has 2 heteroatoms. The van der Waals surface area contributed by atoms with Gasteiger partial charge in [-0.05, 0) is 58.8 Å². The van der Waals surface area contributed by atoms with Crippen LogP contribution < -0.4 is 4.90 Å². The first kappa shape index (κ1) is 22.9. The standard InChI is InChI=1S/C38H27NO/c1-3-13-26(14-4-1)30-21-11-22-33-34-23-12-24-35(38(34)40-37(30)33)39(28-16-5-2-6-17-28)36-25-27-15-7-8-18-29(27)31-19-9-10-20-32(31)36/h2-3,5-25H,1,4H2. The highest BCUT2D eigenvalue weighted by atomic mass is 16.3. The molecule has 8 rings (SSSR count). The summed E-state index contributed by atoms with van der Waals surface area (Å²) in [7, 11) is 0. The Labute approximate surface area is 233 Å². The van der Waals surface area contributed by atoms with Crippen molar-refractivity contribution in [3.05, 3.63) is 145 Å². The van der Waals surface area contributed by atoms with E-state index in [0.29, 0.717) is 0 Å². The number of hydrogen-bond donors (Lipinski definition) is 0. The molecule has 0 atom stereocenters. The fourth-order valence-corrected chi connectivity index (χ4v) is 6.23. The predicted octanol–water partition coefficient (Wildman–Crippen LogP) is 11.1. The monoisotopic (exact) mass is 513 g/mol. The van der Waals surface area contributed by atoms with E-state index in [9.17, 15) is 0 Å². The molecule has 1 heterocycles. The topological polar surface area (TPSA) is 16.4 Å². The van der Waals surface area contributed by atoms with Gasteiger partial charge in [0, 0.05) is 27.4 Å². The molecule has 0 N–H and O–H groups in total. The Balaban J connectivity index is 1.45. The molecule has 0 saturated carbocycles. The fraction of sp³-hybridized carbons (Fsp3) is 0.0526. The molecule has 0 saturated heterocycles. The highest BCUT2D eigenvalue weighted by molar-refractivity contribution is 6.17. The molecule has 1 aliphatic rings. The first-order valence-corrected chi connectivity index (χ1v) is 13.9. The van der Waals surface area contributed by atoms with Crippen LogP contribution in [0.4, 0.5) is 17.1 Å². The van der Waals surface area contributed by atoms with E-state index in [0.717, 1.165) is 57.4 Å². The predicted molar refractivity (Wildman–Crippen MR) is 170 cm³/mol. The summed E-state index contributed by atoms with van der Waals surface area (Å²) < 4.78 is 6.88. The zero-order chi connectivity index (χ0) is 26.5. The van der Waals surface area contributed by atoms with E-state index in [2.05, 4.69) is 144 Å². The van der Waals surface area contributed by atoms with E-state index in [1.807, 2.05) is 0 Å². The molecule has 0 unspecified atom stereocenters. The van der Waals surface area contributed by atoms with Crippen LogP contribution in [0.1, 0.15) is 18.4 Å². The van der Waals surface area contributed by atoms with E-state index in [-0.39, 0.29) is 0 Å². The number of furan rings is 1. The van der Waals surface area contributed by atoms with Crippen LogP contribution >= 0.6 is 0 Å². The van der Waals surface area contributed by atoms with Crippen LogP contribution in [0.5, 0.6) is 0 Å². The van der Waals surface area contributed by atoms with Crippen LogP contribution in [0.3, 0.4) is 0 Å². The summed E-state index contributed by atoms with van der Waals surface area (Å²) in [6, 6.07) is 43.3. The Morgan fingerprint density at radius 2 is 1.23 bits per heavy atom. The molecule has 0 aliphatic heterocycles. The summed E-state index contributed by atoms with van der Waals surface area (Å²) in [5, 5.41) is 7.19. The third-order valence-corrected chi connectivity index (χ3v) is 8.05. The lowest BCUT2D eigenvalue weighted by Gasteiger charge is -2.27. The molecule has 2 nitrogen and oxygen atoms in total. The number of benzene rings is 6. The maximum Gasteiger partial charge on any atom is 0.159 e. The van der Waals surface area contributed by atoms with Gasteiger partial charge in [0.05, 0.1) is 11.4 Å². The van der Waals surface area contributed by atoms with Gasteiger partial charge in [-0.1, -0.05) is 115 Å². The summed E-state index contributed by atoms with van der Waals surface area (Å²) >= 11 is 0. The number of anilines is 3. The third kappa shape index (κ3) is 3.57. The maximum atomic E-state index is 6.88. The van der Waals surface area contributed by atoms with Gasteiger partial charge in [0.2, 0.25) is 0 Å². The van der Waals surface area contributed by atoms with Crippen molar-refractivity contribution in [2.45, 2.75) is 12.8 Å². The molecule has 0 spiro atoms. The third-order valence-electron chi connectivity index (χ3n) is 8.05. The first-order valence-electron chi connectivity index (χ1n) is 13.9. The summed E-state index contributed by atoms with van der Waals surface area (Å²) in [4.78, 5) is 2.36. The Morgan fingerprint density at radius 1 is 0.525 bits per heavy atom. The minimum Gasteiger partial charge on any atom is -0.453 e. The van der Waals surface area contributed by atoms with Gasteiger partial charge in [-0.2, -0.15) is 0 Å². The smallest absolute Gasteiger partial charge is 0.159 e. The van der Waals surface area contributed by atoms with Gasteiger partial charge >= 0.3 is 0 Å². The van der Waals surface area contributed by atoms with Gasteiger partial charge in [0.25, 0.3) is 0 Å². The lowest BCUT2D eigenvalue weighted by atomic mass is 9.97. The Kier molecular flexibility index (Phi) is 5.31. The lowest BCUT2D eigenvalue weighted by molar-refractivity contribution is 0.668. The molecule has 40 heavy (non-hydrogen) atoms. The minimum atomic E-state index is 0.895. The summed E-state index contributed by atoms with van der Waals surface area (Å²) in [5.74, 6) is 0. The fourth-order valence-electron chi connectivity index (χ4n) is 6.23.